The van der Waals surface area contributed by atoms with Gasteiger partial charge in [-0.3, -0.25) is 4.90 Å². The smallest absolute Gasteiger partial charge is 0.410 e. The van der Waals surface area contributed by atoms with Gasteiger partial charge in [0.1, 0.15) is 34.7 Å². The molecule has 39 heavy (non-hydrogen) atoms. The molecule has 0 radical (unpaired) electrons. The molecule has 0 aliphatic carbocycles. The highest BCUT2D eigenvalue weighted by atomic mass is 79.9. The lowest BCUT2D eigenvalue weighted by Crippen LogP contribution is -2.49. The summed E-state index contributed by atoms with van der Waals surface area (Å²) >= 11 is 9.82. The summed E-state index contributed by atoms with van der Waals surface area (Å²) in [6, 6.07) is 0.410. The normalized spacial score (nSPS) is 21.6. The van der Waals surface area contributed by atoms with E-state index in [4.69, 9.17) is 30.8 Å². The van der Waals surface area contributed by atoms with E-state index in [0.717, 1.165) is 19.4 Å². The Kier molecular flexibility index (Phi) is 8.05. The van der Waals surface area contributed by atoms with Crippen molar-refractivity contribution in [2.24, 2.45) is 0 Å². The number of nitrogens with zero attached hydrogens (tertiary/aromatic N) is 5. The van der Waals surface area contributed by atoms with E-state index in [0.29, 0.717) is 56.0 Å². The molecule has 0 spiro atoms. The number of hydrogen-bond acceptors (Lipinski definition) is 8. The molecular weight excluding hydrogens is 593 g/mol. The first-order chi connectivity index (χ1) is 18.4. The van der Waals surface area contributed by atoms with Crippen LogP contribution < -0.4 is 14.4 Å². The van der Waals surface area contributed by atoms with E-state index < -0.39 is 11.4 Å². The van der Waals surface area contributed by atoms with Crippen LogP contribution in [-0.2, 0) is 4.74 Å². The summed E-state index contributed by atoms with van der Waals surface area (Å²) in [5, 5.41) is 0.590. The van der Waals surface area contributed by atoms with Crippen LogP contribution in [0, 0.1) is 5.82 Å². The monoisotopic (exact) mass is 627 g/mol. The molecule has 2 aromatic rings. The Labute approximate surface area is 242 Å². The van der Waals surface area contributed by atoms with Gasteiger partial charge in [0, 0.05) is 25.2 Å². The van der Waals surface area contributed by atoms with Gasteiger partial charge in [-0.1, -0.05) is 11.6 Å². The van der Waals surface area contributed by atoms with Crippen LogP contribution in [-0.4, -0.2) is 89.5 Å². The van der Waals surface area contributed by atoms with Crippen LogP contribution in [0.4, 0.5) is 15.0 Å². The molecule has 0 bridgehead atoms. The largest absolute Gasteiger partial charge is 0.489 e. The molecule has 214 valence electrons. The van der Waals surface area contributed by atoms with Gasteiger partial charge in [-0.25, -0.2) is 9.18 Å². The second-order valence-electron chi connectivity index (χ2n) is 11.6. The molecule has 2 saturated heterocycles. The summed E-state index contributed by atoms with van der Waals surface area (Å²) < 4.78 is 33.6. The number of rotatable bonds is 4. The summed E-state index contributed by atoms with van der Waals surface area (Å²) in [5.41, 5.74) is -0.448. The molecule has 3 aliphatic heterocycles. The van der Waals surface area contributed by atoms with Crippen LogP contribution in [0.1, 0.15) is 53.4 Å². The zero-order chi connectivity index (χ0) is 28.1. The van der Waals surface area contributed by atoms with Gasteiger partial charge in [-0.15, -0.1) is 0 Å². The summed E-state index contributed by atoms with van der Waals surface area (Å²) in [5.74, 6) is 0.320. The molecule has 5 rings (SSSR count). The zero-order valence-electron chi connectivity index (χ0n) is 23.1. The average molecular weight is 629 g/mol. The Morgan fingerprint density at radius 3 is 2.54 bits per heavy atom. The van der Waals surface area contributed by atoms with Crippen LogP contribution in [0.15, 0.2) is 4.47 Å². The van der Waals surface area contributed by atoms with E-state index in [1.54, 1.807) is 4.90 Å². The number of aromatic nitrogens is 2. The quantitative estimate of drug-likeness (QED) is 0.403. The minimum Gasteiger partial charge on any atom is -0.489 e. The fourth-order valence-corrected chi connectivity index (χ4v) is 6.37. The second kappa shape index (κ2) is 11.0. The molecule has 1 aromatic carbocycles. The topological polar surface area (TPSA) is 80.3 Å². The van der Waals surface area contributed by atoms with Gasteiger partial charge < -0.3 is 24.0 Å². The number of amides is 1. The average Bonchev–Trinajstić information content (AvgIpc) is 3.22. The van der Waals surface area contributed by atoms with Gasteiger partial charge in [0.25, 0.3) is 0 Å². The standard InChI is InChI=1S/C27H36BrClFN5O4/c1-15(17-7-6-10-33(17)5)38-25-31-22-18-23(20(29)19(28)21(22)30)37-14-13-35(24(18)32-25)16-8-11-34(12-9-16)26(36)39-27(2,3)4/h15-17H,6-14H2,1-5H3/t15-,17-/m0/s1. The number of benzene rings is 1. The van der Waals surface area contributed by atoms with Gasteiger partial charge in [0.05, 0.1) is 16.4 Å². The molecule has 12 heteroatoms. The number of likely N-dealkylation sites (tertiary alicyclic amines) is 2. The highest BCUT2D eigenvalue weighted by Gasteiger charge is 2.35. The second-order valence-corrected chi connectivity index (χ2v) is 12.7. The van der Waals surface area contributed by atoms with Crippen LogP contribution in [0.3, 0.4) is 0 Å². The summed E-state index contributed by atoms with van der Waals surface area (Å²) in [4.78, 5) is 28.1. The van der Waals surface area contributed by atoms with Crippen LogP contribution in [0.5, 0.6) is 11.8 Å². The van der Waals surface area contributed by atoms with Crippen molar-refractivity contribution >= 4 is 50.3 Å². The van der Waals surface area contributed by atoms with Crippen LogP contribution in [0.25, 0.3) is 10.9 Å². The molecule has 2 fully saturated rings. The highest BCUT2D eigenvalue weighted by molar-refractivity contribution is 9.10. The predicted octanol–water partition coefficient (Wildman–Crippen LogP) is 5.64. The molecule has 0 unspecified atom stereocenters. The van der Waals surface area contributed by atoms with Crippen molar-refractivity contribution in [2.45, 2.75) is 77.2 Å². The third kappa shape index (κ3) is 5.72. The van der Waals surface area contributed by atoms with Crippen LogP contribution >= 0.6 is 27.5 Å². The number of hydrogen-bond donors (Lipinski definition) is 0. The summed E-state index contributed by atoms with van der Waals surface area (Å²) in [7, 11) is 2.08. The van der Waals surface area contributed by atoms with Crippen molar-refractivity contribution in [1.29, 1.82) is 0 Å². The number of carbonyl (C=O) groups excluding carboxylic acids is 1. The fourth-order valence-electron chi connectivity index (χ4n) is 5.77. The number of ether oxygens (including phenoxy) is 3. The van der Waals surface area contributed by atoms with E-state index in [9.17, 15) is 4.79 Å². The molecule has 0 N–H and O–H groups in total. The third-order valence-corrected chi connectivity index (χ3v) is 9.04. The van der Waals surface area contributed by atoms with Crippen molar-refractivity contribution in [3.63, 3.8) is 0 Å². The summed E-state index contributed by atoms with van der Waals surface area (Å²) in [6.45, 7) is 10.6. The van der Waals surface area contributed by atoms with Gasteiger partial charge in [0.2, 0.25) is 0 Å². The molecular formula is C27H36BrClFN5O4. The van der Waals surface area contributed by atoms with Gasteiger partial charge >= 0.3 is 12.1 Å². The SMILES string of the molecule is C[C@H](Oc1nc2c3c(c(Cl)c(Br)c(F)c3n1)OCCN2C1CCN(C(=O)OC(C)(C)C)CC1)[C@@H]1CCCN1C. The van der Waals surface area contributed by atoms with Gasteiger partial charge in [-0.2, -0.15) is 9.97 Å². The first-order valence-electron chi connectivity index (χ1n) is 13.6. The van der Waals surface area contributed by atoms with Crippen molar-refractivity contribution in [3.8, 4) is 11.8 Å². The maximum absolute atomic E-state index is 15.6. The molecule has 3 aliphatic rings. The van der Waals surface area contributed by atoms with Gasteiger partial charge in [0.15, 0.2) is 11.6 Å². The number of piperidine rings is 1. The molecule has 1 amide bonds. The van der Waals surface area contributed by atoms with Crippen molar-refractivity contribution in [1.82, 2.24) is 19.8 Å². The first kappa shape index (κ1) is 28.4. The Bertz CT molecular complexity index is 1250. The third-order valence-electron chi connectivity index (χ3n) is 7.71. The minimum absolute atomic E-state index is 0.0491. The molecule has 1 aromatic heterocycles. The van der Waals surface area contributed by atoms with E-state index >= 15 is 4.39 Å². The Balaban J connectivity index is 1.48. The first-order valence-corrected chi connectivity index (χ1v) is 14.7. The van der Waals surface area contributed by atoms with E-state index in [1.165, 1.54) is 0 Å². The highest BCUT2D eigenvalue weighted by Crippen LogP contribution is 2.46. The van der Waals surface area contributed by atoms with E-state index in [-0.39, 0.29) is 45.3 Å². The molecule has 2 atom stereocenters. The Morgan fingerprint density at radius 2 is 1.90 bits per heavy atom. The maximum atomic E-state index is 15.6. The molecule has 4 heterocycles. The minimum atomic E-state index is -0.580. The van der Waals surface area contributed by atoms with E-state index in [2.05, 4.69) is 37.8 Å². The number of likely N-dealkylation sites (N-methyl/N-ethyl adjacent to an activating group) is 1. The molecule has 9 nitrogen and oxygen atoms in total. The van der Waals surface area contributed by atoms with Gasteiger partial charge in [-0.05, 0) is 82.9 Å². The fraction of sp³-hybridized carbons (Fsp3) is 0.667. The van der Waals surface area contributed by atoms with E-state index in [1.807, 2.05) is 27.7 Å². The number of anilines is 1. The Morgan fingerprint density at radius 1 is 1.18 bits per heavy atom. The lowest BCUT2D eigenvalue weighted by Gasteiger charge is -2.39. The summed E-state index contributed by atoms with van der Waals surface area (Å²) in [6.07, 6.45) is 3.05. The van der Waals surface area contributed by atoms with Crippen molar-refractivity contribution in [2.75, 3.05) is 44.7 Å². The lowest BCUT2D eigenvalue weighted by atomic mass is 10.0. The van der Waals surface area contributed by atoms with Crippen LogP contribution in [0.2, 0.25) is 5.02 Å². The number of halogens is 3. The zero-order valence-corrected chi connectivity index (χ0v) is 25.4. The van der Waals surface area contributed by atoms with Crippen molar-refractivity contribution < 1.29 is 23.4 Å². The number of carbonyl (C=O) groups is 1. The lowest BCUT2D eigenvalue weighted by molar-refractivity contribution is 0.0204. The maximum Gasteiger partial charge on any atom is 0.410 e. The molecule has 0 saturated carbocycles. The Hall–Kier alpha value is -2.11. The predicted molar refractivity (Wildman–Crippen MR) is 152 cm³/mol. The van der Waals surface area contributed by atoms with Crippen molar-refractivity contribution in [3.05, 3.63) is 15.3 Å².